The van der Waals surface area contributed by atoms with Crippen molar-refractivity contribution in [3.63, 3.8) is 0 Å². The minimum atomic E-state index is -0.763. The topological polar surface area (TPSA) is 0 Å². The molecular weight excluding hydrogens is 199 g/mol. The molecule has 0 aromatic carbocycles. The largest absolute Gasteiger partial charge is 0.0652 e. The molecule has 15 heavy (non-hydrogen) atoms. The Morgan fingerprint density at radius 1 is 0.800 bits per heavy atom. The SMILES string of the molecule is C=C[P+](CCCC)(CCCC)CCCC. The highest BCUT2D eigenvalue weighted by atomic mass is 31.2. The van der Waals surface area contributed by atoms with Gasteiger partial charge in [0.15, 0.2) is 0 Å². The second-order valence-electron chi connectivity index (χ2n) is 4.63. The van der Waals surface area contributed by atoms with E-state index in [1.165, 1.54) is 57.0 Å². The van der Waals surface area contributed by atoms with Crippen molar-refractivity contribution in [2.45, 2.75) is 59.3 Å². The standard InChI is InChI=1S/C14H30P/c1-5-9-12-15(8-4,13-10-6-2)14-11-7-3/h8H,4-7,9-14H2,1-3H3/q+1. The van der Waals surface area contributed by atoms with Crippen molar-refractivity contribution in [3.05, 3.63) is 12.4 Å². The van der Waals surface area contributed by atoms with E-state index in [1.54, 1.807) is 0 Å². The van der Waals surface area contributed by atoms with Gasteiger partial charge in [0.1, 0.15) is 0 Å². The Morgan fingerprint density at radius 3 is 1.33 bits per heavy atom. The minimum absolute atomic E-state index is 0.763. The monoisotopic (exact) mass is 229 g/mol. The van der Waals surface area contributed by atoms with Crippen LogP contribution in [-0.2, 0) is 0 Å². The third-order valence-corrected chi connectivity index (χ3v) is 7.65. The summed E-state index contributed by atoms with van der Waals surface area (Å²) in [6, 6.07) is 0. The van der Waals surface area contributed by atoms with E-state index in [2.05, 4.69) is 33.2 Å². The molecule has 0 N–H and O–H groups in total. The molecule has 0 bridgehead atoms. The molecule has 0 fully saturated rings. The molecule has 90 valence electrons. The lowest BCUT2D eigenvalue weighted by Gasteiger charge is -2.23. The van der Waals surface area contributed by atoms with Gasteiger partial charge >= 0.3 is 0 Å². The fraction of sp³-hybridized carbons (Fsp3) is 0.857. The first kappa shape index (κ1) is 15.2. The van der Waals surface area contributed by atoms with Crippen molar-refractivity contribution in [2.24, 2.45) is 0 Å². The summed E-state index contributed by atoms with van der Waals surface area (Å²) < 4.78 is 0. The maximum absolute atomic E-state index is 4.14. The second-order valence-corrected chi connectivity index (χ2v) is 8.78. The summed E-state index contributed by atoms with van der Waals surface area (Å²) in [7, 11) is -0.763. The van der Waals surface area contributed by atoms with Gasteiger partial charge in [0.05, 0.1) is 24.3 Å². The van der Waals surface area contributed by atoms with Gasteiger partial charge in [-0.3, -0.25) is 0 Å². The van der Waals surface area contributed by atoms with Crippen LogP contribution in [0.1, 0.15) is 59.3 Å². The lowest BCUT2D eigenvalue weighted by atomic mass is 10.4. The zero-order valence-electron chi connectivity index (χ0n) is 11.1. The first-order chi connectivity index (χ1) is 7.24. The molecule has 0 radical (unpaired) electrons. The Balaban J connectivity index is 4.23. The van der Waals surface area contributed by atoms with E-state index in [0.29, 0.717) is 0 Å². The summed E-state index contributed by atoms with van der Waals surface area (Å²) in [6.45, 7) is 11.1. The van der Waals surface area contributed by atoms with Crippen LogP contribution in [0.4, 0.5) is 0 Å². The van der Waals surface area contributed by atoms with Gasteiger partial charge < -0.3 is 0 Å². The molecule has 0 aliphatic rings. The van der Waals surface area contributed by atoms with E-state index in [9.17, 15) is 0 Å². The third kappa shape index (κ3) is 6.36. The predicted octanol–water partition coefficient (Wildman–Crippen LogP) is 5.55. The Morgan fingerprint density at radius 2 is 1.13 bits per heavy atom. The molecule has 0 heterocycles. The zero-order chi connectivity index (χ0) is 11.6. The molecule has 0 rings (SSSR count). The van der Waals surface area contributed by atoms with Crippen molar-refractivity contribution in [1.82, 2.24) is 0 Å². The van der Waals surface area contributed by atoms with Crippen molar-refractivity contribution in [3.8, 4) is 0 Å². The van der Waals surface area contributed by atoms with Crippen LogP contribution in [0.15, 0.2) is 12.4 Å². The fourth-order valence-electron chi connectivity index (χ4n) is 2.03. The molecule has 0 aliphatic heterocycles. The summed E-state index contributed by atoms with van der Waals surface area (Å²) in [4.78, 5) is 0. The minimum Gasteiger partial charge on any atom is -0.0652 e. The first-order valence-corrected chi connectivity index (χ1v) is 9.15. The Kier molecular flexibility index (Phi) is 9.51. The molecule has 0 aliphatic carbocycles. The summed E-state index contributed by atoms with van der Waals surface area (Å²) in [5, 5.41) is 0. The number of hydrogen-bond acceptors (Lipinski definition) is 0. The number of rotatable bonds is 10. The summed E-state index contributed by atoms with van der Waals surface area (Å²) >= 11 is 0. The average molecular weight is 229 g/mol. The van der Waals surface area contributed by atoms with Gasteiger partial charge in [0.2, 0.25) is 0 Å². The molecule has 0 amide bonds. The highest BCUT2D eigenvalue weighted by molar-refractivity contribution is 7.78. The van der Waals surface area contributed by atoms with E-state index in [4.69, 9.17) is 0 Å². The number of hydrogen-bond donors (Lipinski definition) is 0. The van der Waals surface area contributed by atoms with Crippen LogP contribution in [0.2, 0.25) is 0 Å². The molecule has 0 aromatic heterocycles. The smallest absolute Gasteiger partial charge is 0.0635 e. The molecule has 1 heteroatoms. The van der Waals surface area contributed by atoms with Gasteiger partial charge in [0, 0.05) is 7.26 Å². The van der Waals surface area contributed by atoms with Gasteiger partial charge in [-0.2, -0.15) is 0 Å². The summed E-state index contributed by atoms with van der Waals surface area (Å²) in [5.74, 6) is 2.37. The molecule has 0 spiro atoms. The molecule has 0 saturated carbocycles. The second kappa shape index (κ2) is 9.40. The van der Waals surface area contributed by atoms with Gasteiger partial charge in [0.25, 0.3) is 0 Å². The third-order valence-electron chi connectivity index (χ3n) is 3.26. The lowest BCUT2D eigenvalue weighted by molar-refractivity contribution is 0.840. The van der Waals surface area contributed by atoms with Crippen LogP contribution >= 0.6 is 7.26 Å². The molecular formula is C14H30P+. The van der Waals surface area contributed by atoms with Gasteiger partial charge in [-0.05, 0) is 19.3 Å². The zero-order valence-corrected chi connectivity index (χ0v) is 12.0. The summed E-state index contributed by atoms with van der Waals surface area (Å²) in [5.41, 5.74) is 0. The number of unbranched alkanes of at least 4 members (excludes halogenated alkanes) is 3. The molecule has 0 nitrogen and oxygen atoms in total. The first-order valence-electron chi connectivity index (χ1n) is 6.74. The molecule has 0 aromatic rings. The maximum Gasteiger partial charge on any atom is 0.0635 e. The highest BCUT2D eigenvalue weighted by Gasteiger charge is 2.31. The highest BCUT2D eigenvalue weighted by Crippen LogP contribution is 2.61. The van der Waals surface area contributed by atoms with E-state index in [0.717, 1.165) is 0 Å². The van der Waals surface area contributed by atoms with Crippen LogP contribution in [0, 0.1) is 0 Å². The quantitative estimate of drug-likeness (QED) is 0.431. The van der Waals surface area contributed by atoms with Crippen LogP contribution in [0.25, 0.3) is 0 Å². The Hall–Kier alpha value is 0.170. The van der Waals surface area contributed by atoms with Crippen molar-refractivity contribution >= 4 is 7.26 Å². The van der Waals surface area contributed by atoms with Gasteiger partial charge in [-0.25, -0.2) is 0 Å². The Labute approximate surface area is 97.9 Å². The van der Waals surface area contributed by atoms with Crippen LogP contribution in [0.3, 0.4) is 0 Å². The van der Waals surface area contributed by atoms with Crippen LogP contribution < -0.4 is 0 Å². The molecule has 0 saturated heterocycles. The summed E-state index contributed by atoms with van der Waals surface area (Å²) in [6.07, 6.45) is 12.6. The van der Waals surface area contributed by atoms with Gasteiger partial charge in [-0.15, -0.1) is 0 Å². The van der Waals surface area contributed by atoms with Crippen molar-refractivity contribution < 1.29 is 0 Å². The average Bonchev–Trinajstić information content (AvgIpc) is 2.29. The van der Waals surface area contributed by atoms with E-state index >= 15 is 0 Å². The predicted molar refractivity (Wildman–Crippen MR) is 76.4 cm³/mol. The van der Waals surface area contributed by atoms with Crippen LogP contribution in [-0.4, -0.2) is 18.5 Å². The maximum atomic E-state index is 4.14. The normalized spacial score (nSPS) is 11.7. The molecule has 0 unspecified atom stereocenters. The fourth-order valence-corrected chi connectivity index (χ4v) is 6.08. The lowest BCUT2D eigenvalue weighted by Crippen LogP contribution is -2.06. The van der Waals surface area contributed by atoms with E-state index in [1.807, 2.05) is 0 Å². The van der Waals surface area contributed by atoms with Crippen molar-refractivity contribution in [2.75, 3.05) is 18.5 Å². The van der Waals surface area contributed by atoms with Crippen molar-refractivity contribution in [1.29, 1.82) is 0 Å². The van der Waals surface area contributed by atoms with Crippen LogP contribution in [0.5, 0.6) is 0 Å². The van der Waals surface area contributed by atoms with Gasteiger partial charge in [-0.1, -0.05) is 46.6 Å². The Bertz CT molecular complexity index is 130. The molecule has 0 atom stereocenters. The van der Waals surface area contributed by atoms with E-state index in [-0.39, 0.29) is 0 Å². The van der Waals surface area contributed by atoms with E-state index < -0.39 is 7.26 Å².